The number of benzene rings is 1. The van der Waals surface area contributed by atoms with E-state index in [4.69, 9.17) is 9.88 Å². The minimum Gasteiger partial charge on any atom is -0.380 e. The molecule has 20 heavy (non-hydrogen) atoms. The van der Waals surface area contributed by atoms with Gasteiger partial charge in [0.15, 0.2) is 0 Å². The number of methoxy groups -OCH3 is 1. The quantitative estimate of drug-likeness (QED) is 0.866. The van der Waals surface area contributed by atoms with Crippen molar-refractivity contribution in [2.75, 3.05) is 20.2 Å². The van der Waals surface area contributed by atoms with Crippen molar-refractivity contribution in [2.45, 2.75) is 17.4 Å². The zero-order valence-corrected chi connectivity index (χ0v) is 13.3. The third kappa shape index (κ3) is 3.20. The van der Waals surface area contributed by atoms with Crippen LogP contribution in [0.3, 0.4) is 0 Å². The number of hydrogen-bond acceptors (Lipinski definition) is 4. The predicted octanol–water partition coefficient (Wildman–Crippen LogP) is 0.957. The molecule has 2 rings (SSSR count). The Labute approximate surface area is 126 Å². The molecular formula is C12H15BrN2O4S. The summed E-state index contributed by atoms with van der Waals surface area (Å²) < 4.78 is 28.4. The molecule has 2 N–H and O–H groups in total. The topological polar surface area (TPSA) is 89.7 Å². The van der Waals surface area contributed by atoms with E-state index < -0.39 is 10.0 Å². The van der Waals surface area contributed by atoms with Gasteiger partial charge < -0.3 is 9.64 Å². The number of likely N-dealkylation sites (tertiary alicyclic amines) is 1. The summed E-state index contributed by atoms with van der Waals surface area (Å²) in [6.45, 7) is 1.11. The monoisotopic (exact) mass is 362 g/mol. The Balaban J connectivity index is 2.28. The molecule has 1 fully saturated rings. The van der Waals surface area contributed by atoms with Crippen molar-refractivity contribution in [3.8, 4) is 0 Å². The molecule has 0 saturated carbocycles. The van der Waals surface area contributed by atoms with E-state index in [0.717, 1.165) is 6.42 Å². The van der Waals surface area contributed by atoms with Gasteiger partial charge in [-0.3, -0.25) is 4.79 Å². The molecule has 1 heterocycles. The molecule has 0 spiro atoms. The fourth-order valence-corrected chi connectivity index (χ4v) is 3.70. The van der Waals surface area contributed by atoms with E-state index in [-0.39, 0.29) is 16.9 Å². The predicted molar refractivity (Wildman–Crippen MR) is 76.8 cm³/mol. The normalized spacial score (nSPS) is 19.4. The molecule has 1 aliphatic heterocycles. The molecule has 0 aromatic heterocycles. The first-order valence-electron chi connectivity index (χ1n) is 5.97. The highest BCUT2D eigenvalue weighted by Gasteiger charge is 2.27. The largest absolute Gasteiger partial charge is 0.380 e. The summed E-state index contributed by atoms with van der Waals surface area (Å²) in [7, 11) is -2.26. The standard InChI is InChI=1S/C12H15BrN2O4S/c1-19-9-4-5-15(7-9)12(16)8-2-3-10(13)11(6-8)20(14,17)18/h2-3,6,9H,4-5,7H2,1H3,(H2,14,17,18). The van der Waals surface area contributed by atoms with Crippen molar-refractivity contribution >= 4 is 31.9 Å². The van der Waals surface area contributed by atoms with Crippen LogP contribution in [0.2, 0.25) is 0 Å². The van der Waals surface area contributed by atoms with Crippen LogP contribution in [0.25, 0.3) is 0 Å². The summed E-state index contributed by atoms with van der Waals surface area (Å²) in [6, 6.07) is 4.37. The van der Waals surface area contributed by atoms with Crippen LogP contribution in [-0.2, 0) is 14.8 Å². The van der Waals surface area contributed by atoms with Crippen LogP contribution in [0.1, 0.15) is 16.8 Å². The van der Waals surface area contributed by atoms with Gasteiger partial charge in [-0.25, -0.2) is 13.6 Å². The van der Waals surface area contributed by atoms with Crippen LogP contribution >= 0.6 is 15.9 Å². The number of rotatable bonds is 3. The number of halogens is 1. The molecule has 1 aliphatic rings. The summed E-state index contributed by atoms with van der Waals surface area (Å²) in [5.41, 5.74) is 0.300. The Morgan fingerprint density at radius 3 is 2.75 bits per heavy atom. The van der Waals surface area contributed by atoms with E-state index in [2.05, 4.69) is 15.9 Å². The minimum absolute atomic E-state index is 0.0344. The lowest BCUT2D eigenvalue weighted by Crippen LogP contribution is -2.30. The molecule has 1 unspecified atom stereocenters. The highest BCUT2D eigenvalue weighted by molar-refractivity contribution is 9.10. The van der Waals surface area contributed by atoms with Crippen LogP contribution in [0, 0.1) is 0 Å². The molecular weight excluding hydrogens is 348 g/mol. The fraction of sp³-hybridized carbons (Fsp3) is 0.417. The molecule has 0 bridgehead atoms. The van der Waals surface area contributed by atoms with Crippen LogP contribution in [0.5, 0.6) is 0 Å². The lowest BCUT2D eigenvalue weighted by atomic mass is 10.2. The average molecular weight is 363 g/mol. The highest BCUT2D eigenvalue weighted by Crippen LogP contribution is 2.24. The van der Waals surface area contributed by atoms with Crippen molar-refractivity contribution in [1.82, 2.24) is 4.90 Å². The lowest BCUT2D eigenvalue weighted by Gasteiger charge is -2.16. The number of hydrogen-bond donors (Lipinski definition) is 1. The summed E-state index contributed by atoms with van der Waals surface area (Å²) in [5, 5.41) is 5.12. The minimum atomic E-state index is -3.87. The van der Waals surface area contributed by atoms with Gasteiger partial charge in [-0.1, -0.05) is 0 Å². The summed E-state index contributed by atoms with van der Waals surface area (Å²) >= 11 is 3.12. The Kier molecular flexibility index (Phi) is 4.48. The highest BCUT2D eigenvalue weighted by atomic mass is 79.9. The number of carbonyl (C=O) groups excluding carboxylic acids is 1. The second-order valence-electron chi connectivity index (χ2n) is 4.59. The number of sulfonamides is 1. The Bertz CT molecular complexity index is 632. The molecule has 1 aromatic rings. The second-order valence-corrected chi connectivity index (χ2v) is 6.97. The van der Waals surface area contributed by atoms with Crippen molar-refractivity contribution in [3.05, 3.63) is 28.2 Å². The summed E-state index contributed by atoms with van der Waals surface area (Å²) in [5.74, 6) is -0.220. The van der Waals surface area contributed by atoms with E-state index in [0.29, 0.717) is 23.1 Å². The summed E-state index contributed by atoms with van der Waals surface area (Å²) in [6.07, 6.45) is 0.813. The van der Waals surface area contributed by atoms with E-state index >= 15 is 0 Å². The van der Waals surface area contributed by atoms with Gasteiger partial charge in [-0.15, -0.1) is 0 Å². The molecule has 8 heteroatoms. The zero-order valence-electron chi connectivity index (χ0n) is 10.9. The first-order valence-corrected chi connectivity index (χ1v) is 8.31. The lowest BCUT2D eigenvalue weighted by molar-refractivity contribution is 0.0724. The molecule has 110 valence electrons. The smallest absolute Gasteiger partial charge is 0.253 e. The Morgan fingerprint density at radius 2 is 2.20 bits per heavy atom. The van der Waals surface area contributed by atoms with Crippen LogP contribution in [0.4, 0.5) is 0 Å². The first-order chi connectivity index (χ1) is 9.32. The Morgan fingerprint density at radius 1 is 1.50 bits per heavy atom. The number of nitrogens with zero attached hydrogens (tertiary/aromatic N) is 1. The van der Waals surface area contributed by atoms with Gasteiger partial charge >= 0.3 is 0 Å². The van der Waals surface area contributed by atoms with Gasteiger partial charge in [0, 0.05) is 30.2 Å². The number of carbonyl (C=O) groups is 1. The van der Waals surface area contributed by atoms with Crippen LogP contribution < -0.4 is 5.14 Å². The maximum atomic E-state index is 12.3. The van der Waals surface area contributed by atoms with Crippen molar-refractivity contribution in [2.24, 2.45) is 5.14 Å². The van der Waals surface area contributed by atoms with Gasteiger partial charge in [0.1, 0.15) is 0 Å². The van der Waals surface area contributed by atoms with Gasteiger partial charge in [0.2, 0.25) is 10.0 Å². The fourth-order valence-electron chi connectivity index (χ4n) is 2.14. The SMILES string of the molecule is COC1CCN(C(=O)c2ccc(Br)c(S(N)(=O)=O)c2)C1. The second kappa shape index (κ2) is 5.80. The molecule has 6 nitrogen and oxygen atoms in total. The molecule has 0 radical (unpaired) electrons. The third-order valence-corrected chi connectivity index (χ3v) is 5.16. The van der Waals surface area contributed by atoms with Crippen molar-refractivity contribution in [1.29, 1.82) is 0 Å². The van der Waals surface area contributed by atoms with E-state index in [1.165, 1.54) is 12.1 Å². The number of nitrogens with two attached hydrogens (primary N) is 1. The maximum absolute atomic E-state index is 12.3. The third-order valence-electron chi connectivity index (χ3n) is 3.25. The van der Waals surface area contributed by atoms with Crippen molar-refractivity contribution in [3.63, 3.8) is 0 Å². The van der Waals surface area contributed by atoms with Gasteiger partial charge in [0.05, 0.1) is 11.0 Å². The van der Waals surface area contributed by atoms with Crippen molar-refractivity contribution < 1.29 is 17.9 Å². The van der Waals surface area contributed by atoms with Gasteiger partial charge in [-0.05, 0) is 40.5 Å². The van der Waals surface area contributed by atoms with E-state index in [1.54, 1.807) is 18.1 Å². The van der Waals surface area contributed by atoms with Gasteiger partial charge in [-0.2, -0.15) is 0 Å². The van der Waals surface area contributed by atoms with Crippen LogP contribution in [-0.4, -0.2) is 45.5 Å². The number of primary sulfonamides is 1. The first kappa shape index (κ1) is 15.4. The molecule has 1 amide bonds. The molecule has 1 aromatic carbocycles. The molecule has 1 saturated heterocycles. The molecule has 0 aliphatic carbocycles. The molecule has 1 atom stereocenters. The summed E-state index contributed by atoms with van der Waals surface area (Å²) in [4.78, 5) is 13.9. The number of ether oxygens (including phenoxy) is 1. The van der Waals surface area contributed by atoms with E-state index in [9.17, 15) is 13.2 Å². The van der Waals surface area contributed by atoms with E-state index in [1.807, 2.05) is 0 Å². The average Bonchev–Trinajstić information content (AvgIpc) is 2.86. The van der Waals surface area contributed by atoms with Crippen LogP contribution in [0.15, 0.2) is 27.6 Å². The Hall–Kier alpha value is -0.960. The van der Waals surface area contributed by atoms with Gasteiger partial charge in [0.25, 0.3) is 5.91 Å². The zero-order chi connectivity index (χ0) is 14.9. The maximum Gasteiger partial charge on any atom is 0.253 e. The number of amides is 1.